The Hall–Kier alpha value is -2.26. The van der Waals surface area contributed by atoms with Crippen molar-refractivity contribution in [2.75, 3.05) is 20.2 Å². The molecule has 1 aliphatic heterocycles. The van der Waals surface area contributed by atoms with E-state index in [-0.39, 0.29) is 17.1 Å². The van der Waals surface area contributed by atoms with Crippen LogP contribution in [0.3, 0.4) is 0 Å². The lowest BCUT2D eigenvalue weighted by molar-refractivity contribution is 0.123. The van der Waals surface area contributed by atoms with Gasteiger partial charge in [0.25, 0.3) is 0 Å². The van der Waals surface area contributed by atoms with Crippen LogP contribution >= 0.6 is 0 Å². The van der Waals surface area contributed by atoms with Crippen molar-refractivity contribution in [1.29, 1.82) is 5.26 Å². The Balaban J connectivity index is 2.49. The summed E-state index contributed by atoms with van der Waals surface area (Å²) in [5.74, 6) is 0.300. The lowest BCUT2D eigenvalue weighted by Gasteiger charge is -2.30. The molecule has 0 bridgehead atoms. The van der Waals surface area contributed by atoms with Crippen LogP contribution in [0, 0.1) is 18.3 Å². The summed E-state index contributed by atoms with van der Waals surface area (Å²) in [6.45, 7) is 4.62. The molecule has 1 heterocycles. The number of likely N-dealkylation sites (tertiary alicyclic amines) is 1. The first-order valence-corrected chi connectivity index (χ1v) is 6.76. The van der Waals surface area contributed by atoms with Gasteiger partial charge in [0.05, 0.1) is 13.2 Å². The topological polar surface area (TPSA) is 82.8 Å². The quantitative estimate of drug-likeness (QED) is 0.922. The van der Waals surface area contributed by atoms with Gasteiger partial charge in [-0.25, -0.2) is 4.79 Å². The molecular formula is C15H18N2O4. The maximum absolute atomic E-state index is 12.0. The lowest BCUT2D eigenvalue weighted by atomic mass is 10.00. The van der Waals surface area contributed by atoms with E-state index in [9.17, 15) is 15.2 Å². The number of methoxy groups -OCH3 is 1. The fraction of sp³-hybridized carbons (Fsp3) is 0.467. The second kappa shape index (κ2) is 6.02. The minimum absolute atomic E-state index is 0.0767. The number of nitrogens with zero attached hydrogens (tertiary/aromatic N) is 2. The number of aliphatic hydroxyl groups is 1. The van der Waals surface area contributed by atoms with Crippen molar-refractivity contribution in [3.8, 4) is 17.6 Å². The SMILES string of the molecule is COc1c(C(C)O)cc(C)c(C#N)c1OC(=O)N1CCC1. The van der Waals surface area contributed by atoms with Crippen LogP contribution in [0.2, 0.25) is 0 Å². The number of ether oxygens (including phenoxy) is 2. The predicted octanol–water partition coefficient (Wildman–Crippen LogP) is 2.13. The van der Waals surface area contributed by atoms with Gasteiger partial charge in [-0.15, -0.1) is 0 Å². The molecule has 1 aliphatic rings. The zero-order valence-corrected chi connectivity index (χ0v) is 12.3. The van der Waals surface area contributed by atoms with E-state index in [4.69, 9.17) is 9.47 Å². The Morgan fingerprint density at radius 3 is 2.57 bits per heavy atom. The third kappa shape index (κ3) is 2.78. The van der Waals surface area contributed by atoms with Crippen molar-refractivity contribution in [2.24, 2.45) is 0 Å². The molecule has 0 aromatic heterocycles. The molecule has 6 nitrogen and oxygen atoms in total. The van der Waals surface area contributed by atoms with Gasteiger partial charge in [-0.05, 0) is 31.9 Å². The van der Waals surface area contributed by atoms with Gasteiger partial charge in [0, 0.05) is 18.7 Å². The van der Waals surface area contributed by atoms with Crippen molar-refractivity contribution in [1.82, 2.24) is 4.90 Å². The zero-order chi connectivity index (χ0) is 15.6. The Morgan fingerprint density at radius 1 is 1.48 bits per heavy atom. The average Bonchev–Trinajstić information content (AvgIpc) is 2.36. The average molecular weight is 290 g/mol. The maximum Gasteiger partial charge on any atom is 0.415 e. The van der Waals surface area contributed by atoms with Crippen LogP contribution in [0.1, 0.15) is 36.1 Å². The van der Waals surface area contributed by atoms with E-state index in [1.807, 2.05) is 6.07 Å². The van der Waals surface area contributed by atoms with E-state index < -0.39 is 12.2 Å². The number of rotatable bonds is 3. The van der Waals surface area contributed by atoms with Gasteiger partial charge in [-0.3, -0.25) is 0 Å². The summed E-state index contributed by atoms with van der Waals surface area (Å²) in [5, 5.41) is 19.1. The van der Waals surface area contributed by atoms with Gasteiger partial charge in [-0.1, -0.05) is 0 Å². The molecule has 0 saturated carbocycles. The van der Waals surface area contributed by atoms with E-state index in [0.29, 0.717) is 24.2 Å². The van der Waals surface area contributed by atoms with Crippen LogP contribution in [-0.2, 0) is 0 Å². The lowest BCUT2D eigenvalue weighted by Crippen LogP contribution is -2.43. The molecule has 1 N–H and O–H groups in total. The van der Waals surface area contributed by atoms with E-state index in [1.54, 1.807) is 24.8 Å². The molecule has 1 atom stereocenters. The van der Waals surface area contributed by atoms with Crippen molar-refractivity contribution >= 4 is 6.09 Å². The van der Waals surface area contributed by atoms with Gasteiger partial charge >= 0.3 is 6.09 Å². The van der Waals surface area contributed by atoms with E-state index in [2.05, 4.69) is 0 Å². The van der Waals surface area contributed by atoms with Crippen molar-refractivity contribution in [3.63, 3.8) is 0 Å². The molecule has 1 fully saturated rings. The third-order valence-electron chi connectivity index (χ3n) is 3.53. The van der Waals surface area contributed by atoms with Gasteiger partial charge in [0.1, 0.15) is 11.6 Å². The number of carbonyl (C=O) groups is 1. The summed E-state index contributed by atoms with van der Waals surface area (Å²) < 4.78 is 10.6. The van der Waals surface area contributed by atoms with Crippen LogP contribution in [-0.4, -0.2) is 36.3 Å². The summed E-state index contributed by atoms with van der Waals surface area (Å²) in [6, 6.07) is 3.70. The number of nitriles is 1. The fourth-order valence-corrected chi connectivity index (χ4v) is 2.20. The van der Waals surface area contributed by atoms with Crippen LogP contribution in [0.4, 0.5) is 4.79 Å². The number of hydrogen-bond donors (Lipinski definition) is 1. The van der Waals surface area contributed by atoms with Crippen molar-refractivity contribution in [3.05, 3.63) is 22.8 Å². The number of amides is 1. The minimum atomic E-state index is -0.798. The van der Waals surface area contributed by atoms with Crippen LogP contribution in [0.5, 0.6) is 11.5 Å². The highest BCUT2D eigenvalue weighted by Crippen LogP contribution is 2.40. The summed E-state index contributed by atoms with van der Waals surface area (Å²) in [4.78, 5) is 13.5. The summed E-state index contributed by atoms with van der Waals surface area (Å²) in [7, 11) is 1.42. The molecule has 21 heavy (non-hydrogen) atoms. The van der Waals surface area contributed by atoms with Gasteiger partial charge in [0.2, 0.25) is 0 Å². The van der Waals surface area contributed by atoms with Crippen LogP contribution in [0.15, 0.2) is 6.07 Å². The minimum Gasteiger partial charge on any atom is -0.492 e. The molecule has 1 aromatic rings. The monoisotopic (exact) mass is 290 g/mol. The molecule has 0 radical (unpaired) electrons. The Bertz CT molecular complexity index is 601. The van der Waals surface area contributed by atoms with Gasteiger partial charge in [0.15, 0.2) is 11.5 Å². The number of aryl methyl sites for hydroxylation is 1. The molecule has 112 valence electrons. The van der Waals surface area contributed by atoms with E-state index >= 15 is 0 Å². The Morgan fingerprint density at radius 2 is 2.14 bits per heavy atom. The number of carbonyl (C=O) groups excluding carboxylic acids is 1. The van der Waals surface area contributed by atoms with Gasteiger partial charge < -0.3 is 19.5 Å². The first kappa shape index (κ1) is 15.1. The highest BCUT2D eigenvalue weighted by atomic mass is 16.6. The van der Waals surface area contributed by atoms with Crippen LogP contribution in [0.25, 0.3) is 0 Å². The molecule has 0 spiro atoms. The Labute approximate surface area is 123 Å². The first-order valence-electron chi connectivity index (χ1n) is 6.76. The van der Waals surface area contributed by atoms with E-state index in [0.717, 1.165) is 6.42 Å². The Kier molecular flexibility index (Phi) is 4.34. The largest absolute Gasteiger partial charge is 0.492 e. The first-order chi connectivity index (χ1) is 9.99. The van der Waals surface area contributed by atoms with Crippen molar-refractivity contribution < 1.29 is 19.4 Å². The predicted molar refractivity (Wildman–Crippen MR) is 75.3 cm³/mol. The maximum atomic E-state index is 12.0. The molecule has 2 rings (SSSR count). The molecule has 1 aromatic carbocycles. The summed E-state index contributed by atoms with van der Waals surface area (Å²) in [6.07, 6.45) is -0.351. The van der Waals surface area contributed by atoms with Crippen LogP contribution < -0.4 is 9.47 Å². The highest BCUT2D eigenvalue weighted by molar-refractivity contribution is 5.75. The third-order valence-corrected chi connectivity index (χ3v) is 3.53. The molecule has 1 unspecified atom stereocenters. The smallest absolute Gasteiger partial charge is 0.415 e. The highest BCUT2D eigenvalue weighted by Gasteiger charge is 2.27. The molecule has 0 aliphatic carbocycles. The normalized spacial score (nSPS) is 14.9. The molecule has 1 saturated heterocycles. The second-order valence-corrected chi connectivity index (χ2v) is 5.02. The molecule has 6 heteroatoms. The van der Waals surface area contributed by atoms with Gasteiger partial charge in [-0.2, -0.15) is 5.26 Å². The standard InChI is InChI=1S/C15H18N2O4/c1-9-7-11(10(2)18)13(20-3)14(12(9)8-16)21-15(19)17-5-4-6-17/h7,10,18H,4-6H2,1-3H3. The zero-order valence-electron chi connectivity index (χ0n) is 12.3. The summed E-state index contributed by atoms with van der Waals surface area (Å²) >= 11 is 0. The number of aliphatic hydroxyl groups excluding tert-OH is 1. The molecule has 1 amide bonds. The summed E-state index contributed by atoms with van der Waals surface area (Å²) in [5.41, 5.74) is 1.35. The second-order valence-electron chi connectivity index (χ2n) is 5.02. The number of benzene rings is 1. The fourth-order valence-electron chi connectivity index (χ4n) is 2.20. The number of hydrogen-bond acceptors (Lipinski definition) is 5. The van der Waals surface area contributed by atoms with E-state index in [1.165, 1.54) is 7.11 Å². The molecular weight excluding hydrogens is 272 g/mol. The van der Waals surface area contributed by atoms with Crippen molar-refractivity contribution in [2.45, 2.75) is 26.4 Å².